The van der Waals surface area contributed by atoms with Crippen molar-refractivity contribution in [2.24, 2.45) is 0 Å². The zero-order valence-electron chi connectivity index (χ0n) is 20.3. The number of halogens is 3. The second kappa shape index (κ2) is 12.0. The number of hydrogen-bond donors (Lipinski definition) is 1. The van der Waals surface area contributed by atoms with Crippen molar-refractivity contribution in [2.75, 3.05) is 17.1 Å². The Morgan fingerprint density at radius 1 is 1.06 bits per heavy atom. The molecule has 1 atom stereocenters. The molecule has 0 saturated heterocycles. The van der Waals surface area contributed by atoms with Crippen LogP contribution in [0.3, 0.4) is 0 Å². The van der Waals surface area contributed by atoms with E-state index in [-0.39, 0.29) is 12.5 Å². The zero-order valence-corrected chi connectivity index (χ0v) is 24.2. The molecule has 0 aliphatic heterocycles. The SMILES string of the molecule is CC[C@H](C(=O)NC(C)(C)C)N(Cc1ccc(Cl)c(Cl)c1)C(=O)CN(c1ccc(Br)cc1)S(C)(=O)=O. The van der Waals surface area contributed by atoms with E-state index < -0.39 is 34.1 Å². The maximum Gasteiger partial charge on any atom is 0.244 e. The molecular formula is C24H30BrCl2N3O4S. The average Bonchev–Trinajstić information content (AvgIpc) is 2.73. The smallest absolute Gasteiger partial charge is 0.244 e. The van der Waals surface area contributed by atoms with Crippen LogP contribution in [0.25, 0.3) is 0 Å². The molecule has 7 nitrogen and oxygen atoms in total. The zero-order chi connectivity index (χ0) is 26.6. The van der Waals surface area contributed by atoms with Crippen molar-refractivity contribution in [3.05, 3.63) is 62.5 Å². The van der Waals surface area contributed by atoms with Gasteiger partial charge in [0, 0.05) is 16.6 Å². The number of anilines is 1. The minimum absolute atomic E-state index is 0.0454. The van der Waals surface area contributed by atoms with Crippen LogP contribution < -0.4 is 9.62 Å². The van der Waals surface area contributed by atoms with E-state index in [1.54, 1.807) is 49.4 Å². The molecule has 0 radical (unpaired) electrons. The van der Waals surface area contributed by atoms with Gasteiger partial charge in [-0.25, -0.2) is 8.42 Å². The van der Waals surface area contributed by atoms with Crippen LogP contribution in [0.2, 0.25) is 10.0 Å². The molecule has 0 spiro atoms. The van der Waals surface area contributed by atoms with Gasteiger partial charge in [-0.3, -0.25) is 13.9 Å². The lowest BCUT2D eigenvalue weighted by Crippen LogP contribution is -2.55. The van der Waals surface area contributed by atoms with Crippen LogP contribution in [-0.2, 0) is 26.2 Å². The van der Waals surface area contributed by atoms with Crippen LogP contribution in [0.5, 0.6) is 0 Å². The molecule has 2 aromatic carbocycles. The monoisotopic (exact) mass is 605 g/mol. The third kappa shape index (κ3) is 8.66. The normalized spacial score (nSPS) is 12.7. The van der Waals surface area contributed by atoms with Gasteiger partial charge in [0.1, 0.15) is 12.6 Å². The molecule has 0 fully saturated rings. The van der Waals surface area contributed by atoms with E-state index in [9.17, 15) is 18.0 Å². The van der Waals surface area contributed by atoms with Crippen molar-refractivity contribution in [1.82, 2.24) is 10.2 Å². The Bertz CT molecular complexity index is 1170. The lowest BCUT2D eigenvalue weighted by molar-refractivity contribution is -0.141. The van der Waals surface area contributed by atoms with Gasteiger partial charge in [-0.1, -0.05) is 52.1 Å². The molecule has 1 N–H and O–H groups in total. The van der Waals surface area contributed by atoms with Crippen LogP contribution >= 0.6 is 39.1 Å². The van der Waals surface area contributed by atoms with E-state index in [2.05, 4.69) is 21.2 Å². The second-order valence-corrected chi connectivity index (χ2v) is 12.8. The molecule has 192 valence electrons. The largest absolute Gasteiger partial charge is 0.350 e. The summed E-state index contributed by atoms with van der Waals surface area (Å²) in [5.41, 5.74) is 0.481. The summed E-state index contributed by atoms with van der Waals surface area (Å²) in [5.74, 6) is -0.858. The quantitative estimate of drug-likeness (QED) is 0.423. The van der Waals surface area contributed by atoms with E-state index >= 15 is 0 Å². The van der Waals surface area contributed by atoms with Crippen molar-refractivity contribution >= 4 is 66.7 Å². The molecule has 2 amide bonds. The molecule has 0 heterocycles. The summed E-state index contributed by atoms with van der Waals surface area (Å²) in [6.45, 7) is 6.92. The van der Waals surface area contributed by atoms with Crippen LogP contribution in [-0.4, -0.2) is 49.5 Å². The number of sulfonamides is 1. The van der Waals surface area contributed by atoms with E-state index in [1.807, 2.05) is 20.8 Å². The fourth-order valence-electron chi connectivity index (χ4n) is 3.43. The number of nitrogens with zero attached hydrogens (tertiary/aromatic N) is 2. The lowest BCUT2D eigenvalue weighted by Gasteiger charge is -2.34. The van der Waals surface area contributed by atoms with Gasteiger partial charge in [0.2, 0.25) is 21.8 Å². The summed E-state index contributed by atoms with van der Waals surface area (Å²) in [5, 5.41) is 3.60. The summed E-state index contributed by atoms with van der Waals surface area (Å²) in [4.78, 5) is 28.2. The first kappa shape index (κ1) is 29.4. The summed E-state index contributed by atoms with van der Waals surface area (Å²) >= 11 is 15.5. The number of nitrogens with one attached hydrogen (secondary N) is 1. The molecule has 2 aromatic rings. The Morgan fingerprint density at radius 3 is 2.14 bits per heavy atom. The highest BCUT2D eigenvalue weighted by Crippen LogP contribution is 2.25. The molecule has 0 saturated carbocycles. The molecule has 0 bridgehead atoms. The van der Waals surface area contributed by atoms with E-state index in [0.29, 0.717) is 27.7 Å². The molecule has 2 rings (SSSR count). The highest BCUT2D eigenvalue weighted by Gasteiger charge is 2.33. The predicted octanol–water partition coefficient (Wildman–Crippen LogP) is 5.24. The van der Waals surface area contributed by atoms with E-state index in [0.717, 1.165) is 15.0 Å². The third-order valence-corrected chi connectivity index (χ3v) is 7.42. The van der Waals surface area contributed by atoms with Crippen molar-refractivity contribution in [3.63, 3.8) is 0 Å². The highest BCUT2D eigenvalue weighted by atomic mass is 79.9. The number of carbonyl (C=O) groups excluding carboxylic acids is 2. The standard InChI is InChI=1S/C24H30BrCl2N3O4S/c1-6-21(23(32)28-24(2,3)4)29(14-16-7-12-19(26)20(27)13-16)22(31)15-30(35(5,33)34)18-10-8-17(25)9-11-18/h7-13,21H,6,14-15H2,1-5H3,(H,28,32)/t21-/m1/s1. The molecular weight excluding hydrogens is 577 g/mol. The van der Waals surface area contributed by atoms with Crippen LogP contribution in [0.4, 0.5) is 5.69 Å². The van der Waals surface area contributed by atoms with Gasteiger partial charge in [0.15, 0.2) is 0 Å². The Labute approximate surface area is 225 Å². The molecule has 0 unspecified atom stereocenters. The van der Waals surface area contributed by atoms with Crippen molar-refractivity contribution in [2.45, 2.75) is 52.2 Å². The summed E-state index contributed by atoms with van der Waals surface area (Å²) in [6, 6.07) is 10.7. The van der Waals surface area contributed by atoms with Gasteiger partial charge in [-0.2, -0.15) is 0 Å². The maximum atomic E-state index is 13.6. The first-order valence-corrected chi connectivity index (χ1v) is 14.3. The summed E-state index contributed by atoms with van der Waals surface area (Å²) in [7, 11) is -3.79. The number of carbonyl (C=O) groups is 2. The molecule has 35 heavy (non-hydrogen) atoms. The van der Waals surface area contributed by atoms with Crippen LogP contribution in [0, 0.1) is 0 Å². The van der Waals surface area contributed by atoms with Crippen molar-refractivity contribution in [3.8, 4) is 0 Å². The third-order valence-electron chi connectivity index (χ3n) is 5.01. The average molecular weight is 607 g/mol. The second-order valence-electron chi connectivity index (χ2n) is 9.18. The first-order chi connectivity index (χ1) is 16.1. The van der Waals surface area contributed by atoms with Crippen molar-refractivity contribution in [1.29, 1.82) is 0 Å². The Hall–Kier alpha value is -1.81. The van der Waals surface area contributed by atoms with Crippen molar-refractivity contribution < 1.29 is 18.0 Å². The van der Waals surface area contributed by atoms with Gasteiger partial charge in [0.25, 0.3) is 0 Å². The fraction of sp³-hybridized carbons (Fsp3) is 0.417. The number of benzene rings is 2. The molecule has 0 aliphatic rings. The lowest BCUT2D eigenvalue weighted by atomic mass is 10.1. The molecule has 0 aromatic heterocycles. The number of rotatable bonds is 9. The Balaban J connectivity index is 2.47. The number of hydrogen-bond acceptors (Lipinski definition) is 4. The summed E-state index contributed by atoms with van der Waals surface area (Å²) in [6.07, 6.45) is 1.36. The molecule has 11 heteroatoms. The van der Waals surface area contributed by atoms with Gasteiger partial charge < -0.3 is 10.2 Å². The first-order valence-electron chi connectivity index (χ1n) is 10.9. The highest BCUT2D eigenvalue weighted by molar-refractivity contribution is 9.10. The maximum absolute atomic E-state index is 13.6. The predicted molar refractivity (Wildman–Crippen MR) is 145 cm³/mol. The fourth-order valence-corrected chi connectivity index (χ4v) is 4.86. The number of amides is 2. The minimum Gasteiger partial charge on any atom is -0.350 e. The van der Waals surface area contributed by atoms with Gasteiger partial charge in [0.05, 0.1) is 22.0 Å². The van der Waals surface area contributed by atoms with Gasteiger partial charge in [-0.05, 0) is 69.2 Å². The van der Waals surface area contributed by atoms with E-state index in [1.165, 1.54) is 4.90 Å². The van der Waals surface area contributed by atoms with Gasteiger partial charge >= 0.3 is 0 Å². The summed E-state index contributed by atoms with van der Waals surface area (Å²) < 4.78 is 27.0. The Kier molecular flexibility index (Phi) is 10.0. The topological polar surface area (TPSA) is 86.8 Å². The van der Waals surface area contributed by atoms with Crippen LogP contribution in [0.1, 0.15) is 39.7 Å². The Morgan fingerprint density at radius 2 is 1.66 bits per heavy atom. The minimum atomic E-state index is -3.79. The molecule has 0 aliphatic carbocycles. The van der Waals surface area contributed by atoms with E-state index in [4.69, 9.17) is 23.2 Å². The van der Waals surface area contributed by atoms with Crippen LogP contribution in [0.15, 0.2) is 46.9 Å². The van der Waals surface area contributed by atoms with Gasteiger partial charge in [-0.15, -0.1) is 0 Å².